The van der Waals surface area contributed by atoms with E-state index in [1.807, 2.05) is 16.7 Å². The number of hydrogen-bond acceptors (Lipinski definition) is 6. The molecule has 150 valence electrons. The van der Waals surface area contributed by atoms with Crippen LogP contribution >= 0.6 is 11.8 Å². The minimum absolute atomic E-state index is 0.187. The molecule has 2 aromatic heterocycles. The molecule has 0 spiro atoms. The molecule has 3 aromatic rings. The predicted octanol–water partition coefficient (Wildman–Crippen LogP) is 3.90. The number of thioether (sulfide) groups is 1. The molecule has 29 heavy (non-hydrogen) atoms. The van der Waals surface area contributed by atoms with Gasteiger partial charge in [0.25, 0.3) is 0 Å². The van der Waals surface area contributed by atoms with Gasteiger partial charge in [0, 0.05) is 30.6 Å². The summed E-state index contributed by atoms with van der Waals surface area (Å²) < 4.78 is 20.2. The summed E-state index contributed by atoms with van der Waals surface area (Å²) >= 11 is 1.04. The second-order valence-electron chi connectivity index (χ2n) is 6.25. The fraction of sp³-hybridized carbons (Fsp3) is 0.238. The number of benzene rings is 1. The number of hydrogen-bond donors (Lipinski definition) is 0. The fourth-order valence-electron chi connectivity index (χ4n) is 2.85. The second kappa shape index (κ2) is 9.00. The number of halogens is 1. The van der Waals surface area contributed by atoms with Crippen LogP contribution in [0.4, 0.5) is 4.39 Å². The number of nitrogens with zero attached hydrogens (tertiary/aromatic N) is 3. The Kier molecular flexibility index (Phi) is 6.43. The molecule has 0 saturated heterocycles. The number of carbonyl (C=O) groups is 2. The van der Waals surface area contributed by atoms with Crippen molar-refractivity contribution >= 4 is 23.5 Å². The topological polar surface area (TPSA) is 74.1 Å². The lowest BCUT2D eigenvalue weighted by Gasteiger charge is -2.12. The smallest absolute Gasteiger partial charge is 0.327 e. The van der Waals surface area contributed by atoms with Crippen LogP contribution in [0.2, 0.25) is 0 Å². The fourth-order valence-corrected chi connectivity index (χ4v) is 3.79. The van der Waals surface area contributed by atoms with E-state index in [0.717, 1.165) is 28.6 Å². The van der Waals surface area contributed by atoms with Gasteiger partial charge in [-0.15, -0.1) is 0 Å². The molecule has 1 aromatic carbocycles. The van der Waals surface area contributed by atoms with E-state index in [0.29, 0.717) is 10.9 Å². The van der Waals surface area contributed by atoms with E-state index in [2.05, 4.69) is 9.97 Å². The standard InChI is InChI=1S/C21H20FN3O3S/c1-4-28-20(27)19(13(2)26)29-21-24-17(14-5-7-16(22)8-6-14)18(25(21)3)15-9-11-23-12-10-15/h5-12,19H,4H2,1-3H3. The zero-order chi connectivity index (χ0) is 21.0. The molecule has 3 rings (SSSR count). The Hall–Kier alpha value is -3.00. The average molecular weight is 413 g/mol. The number of ether oxygens (including phenoxy) is 1. The van der Waals surface area contributed by atoms with Crippen LogP contribution in [0.3, 0.4) is 0 Å². The average Bonchev–Trinajstić information content (AvgIpc) is 3.03. The third kappa shape index (κ3) is 4.54. The summed E-state index contributed by atoms with van der Waals surface area (Å²) in [6, 6.07) is 9.70. The molecule has 6 nitrogen and oxygen atoms in total. The van der Waals surface area contributed by atoms with E-state index in [1.54, 1.807) is 38.5 Å². The van der Waals surface area contributed by atoms with Crippen LogP contribution in [0.15, 0.2) is 53.9 Å². The molecule has 8 heteroatoms. The Balaban J connectivity index is 2.10. The Morgan fingerprint density at radius 1 is 1.14 bits per heavy atom. The van der Waals surface area contributed by atoms with E-state index in [4.69, 9.17) is 4.74 Å². The number of pyridine rings is 1. The highest BCUT2D eigenvalue weighted by Gasteiger charge is 2.29. The first-order valence-corrected chi connectivity index (χ1v) is 9.87. The zero-order valence-electron chi connectivity index (χ0n) is 16.3. The third-order valence-electron chi connectivity index (χ3n) is 4.22. The Morgan fingerprint density at radius 3 is 2.38 bits per heavy atom. The Bertz CT molecular complexity index is 1020. The minimum atomic E-state index is -1.01. The van der Waals surface area contributed by atoms with Crippen molar-refractivity contribution in [2.75, 3.05) is 6.61 Å². The largest absolute Gasteiger partial charge is 0.465 e. The van der Waals surface area contributed by atoms with Gasteiger partial charge in [0.05, 0.1) is 18.0 Å². The van der Waals surface area contributed by atoms with Crippen LogP contribution < -0.4 is 0 Å². The molecule has 0 aliphatic carbocycles. The van der Waals surface area contributed by atoms with Crippen molar-refractivity contribution in [1.29, 1.82) is 0 Å². The number of ketones is 1. The van der Waals surface area contributed by atoms with Crippen LogP contribution in [-0.4, -0.2) is 38.1 Å². The molecule has 0 radical (unpaired) electrons. The second-order valence-corrected chi connectivity index (χ2v) is 7.33. The SMILES string of the molecule is CCOC(=O)C(Sc1nc(-c2ccc(F)cc2)c(-c2ccncc2)n1C)C(C)=O. The maximum absolute atomic E-state index is 13.4. The summed E-state index contributed by atoms with van der Waals surface area (Å²) in [4.78, 5) is 33.0. The van der Waals surface area contributed by atoms with Crippen molar-refractivity contribution < 1.29 is 18.7 Å². The molecule has 0 aliphatic heterocycles. The highest BCUT2D eigenvalue weighted by molar-refractivity contribution is 8.01. The molecular weight excluding hydrogens is 393 g/mol. The molecule has 0 bridgehead atoms. The number of rotatable bonds is 7. The van der Waals surface area contributed by atoms with Gasteiger partial charge >= 0.3 is 5.97 Å². The van der Waals surface area contributed by atoms with Crippen molar-refractivity contribution in [1.82, 2.24) is 14.5 Å². The molecule has 0 saturated carbocycles. The lowest BCUT2D eigenvalue weighted by molar-refractivity contribution is -0.144. The van der Waals surface area contributed by atoms with Crippen molar-refractivity contribution in [3.05, 3.63) is 54.6 Å². The number of imidazole rings is 1. The predicted molar refractivity (Wildman–Crippen MR) is 109 cm³/mol. The quantitative estimate of drug-likeness (QED) is 0.332. The number of aromatic nitrogens is 3. The summed E-state index contributed by atoms with van der Waals surface area (Å²) in [5, 5.41) is -0.535. The van der Waals surface area contributed by atoms with Gasteiger partial charge in [-0.1, -0.05) is 11.8 Å². The maximum Gasteiger partial charge on any atom is 0.327 e. The molecule has 0 aliphatic rings. The number of Topliss-reactive ketones (excluding diaryl/α,β-unsaturated/α-hetero) is 1. The van der Waals surface area contributed by atoms with Gasteiger partial charge in [0.2, 0.25) is 0 Å². The first-order valence-electron chi connectivity index (χ1n) is 8.99. The highest BCUT2D eigenvalue weighted by Crippen LogP contribution is 2.36. The summed E-state index contributed by atoms with van der Waals surface area (Å²) in [7, 11) is 1.81. The zero-order valence-corrected chi connectivity index (χ0v) is 17.1. The number of esters is 1. The Morgan fingerprint density at radius 2 is 1.79 bits per heavy atom. The van der Waals surface area contributed by atoms with Crippen molar-refractivity contribution in [2.45, 2.75) is 24.3 Å². The Labute approximate surface area is 172 Å². The lowest BCUT2D eigenvalue weighted by atomic mass is 10.1. The highest BCUT2D eigenvalue weighted by atomic mass is 32.2. The monoisotopic (exact) mass is 413 g/mol. The van der Waals surface area contributed by atoms with Gasteiger partial charge < -0.3 is 9.30 Å². The van der Waals surface area contributed by atoms with E-state index in [1.165, 1.54) is 19.1 Å². The van der Waals surface area contributed by atoms with Gasteiger partial charge in [-0.2, -0.15) is 0 Å². The van der Waals surface area contributed by atoms with Gasteiger partial charge in [0.1, 0.15) is 5.82 Å². The molecular formula is C21H20FN3O3S. The maximum atomic E-state index is 13.4. The molecule has 0 fully saturated rings. The van der Waals surface area contributed by atoms with Crippen LogP contribution in [-0.2, 0) is 21.4 Å². The summed E-state index contributed by atoms with van der Waals surface area (Å²) in [6.07, 6.45) is 3.33. The summed E-state index contributed by atoms with van der Waals surface area (Å²) in [5.41, 5.74) is 2.97. The van der Waals surface area contributed by atoms with Crippen LogP contribution in [0, 0.1) is 5.82 Å². The third-order valence-corrected chi connectivity index (χ3v) is 5.55. The van der Waals surface area contributed by atoms with Gasteiger partial charge in [-0.05, 0) is 50.2 Å². The van der Waals surface area contributed by atoms with Crippen LogP contribution in [0.25, 0.3) is 22.5 Å². The molecule has 0 N–H and O–H groups in total. The van der Waals surface area contributed by atoms with E-state index in [-0.39, 0.29) is 18.2 Å². The van der Waals surface area contributed by atoms with Crippen LogP contribution in [0.5, 0.6) is 0 Å². The first kappa shape index (κ1) is 20.7. The van der Waals surface area contributed by atoms with Gasteiger partial charge in [-0.25, -0.2) is 9.37 Å². The summed E-state index contributed by atoms with van der Waals surface area (Å²) in [6.45, 7) is 3.23. The molecule has 1 unspecified atom stereocenters. The van der Waals surface area contributed by atoms with E-state index < -0.39 is 11.2 Å². The molecule has 1 atom stereocenters. The van der Waals surface area contributed by atoms with Gasteiger partial charge in [-0.3, -0.25) is 14.6 Å². The molecule has 0 amide bonds. The molecule has 2 heterocycles. The van der Waals surface area contributed by atoms with E-state index in [9.17, 15) is 14.0 Å². The van der Waals surface area contributed by atoms with Crippen molar-refractivity contribution in [3.63, 3.8) is 0 Å². The van der Waals surface area contributed by atoms with Gasteiger partial charge in [0.15, 0.2) is 16.2 Å². The van der Waals surface area contributed by atoms with Crippen molar-refractivity contribution in [3.8, 4) is 22.5 Å². The summed E-state index contributed by atoms with van der Waals surface area (Å²) in [5.74, 6) is -1.25. The minimum Gasteiger partial charge on any atom is -0.465 e. The lowest BCUT2D eigenvalue weighted by Crippen LogP contribution is -2.27. The van der Waals surface area contributed by atoms with E-state index >= 15 is 0 Å². The number of carbonyl (C=O) groups excluding carboxylic acids is 2. The van der Waals surface area contributed by atoms with Crippen LogP contribution in [0.1, 0.15) is 13.8 Å². The normalized spacial score (nSPS) is 11.9. The van der Waals surface area contributed by atoms with Crippen molar-refractivity contribution in [2.24, 2.45) is 7.05 Å². The first-order chi connectivity index (χ1) is 13.9.